The van der Waals surface area contributed by atoms with E-state index in [0.29, 0.717) is 11.4 Å². The van der Waals surface area contributed by atoms with Crippen LogP contribution in [-0.4, -0.2) is 37.9 Å². The third-order valence-electron chi connectivity index (χ3n) is 3.39. The third-order valence-corrected chi connectivity index (χ3v) is 5.14. The lowest BCUT2D eigenvalue weighted by Crippen LogP contribution is -2.40. The van der Waals surface area contributed by atoms with E-state index in [1.807, 2.05) is 0 Å². The second-order valence-corrected chi connectivity index (χ2v) is 6.35. The van der Waals surface area contributed by atoms with Crippen molar-refractivity contribution in [1.29, 1.82) is 0 Å². The lowest BCUT2D eigenvalue weighted by molar-refractivity contribution is 0.0916. The highest BCUT2D eigenvalue weighted by Crippen LogP contribution is 2.24. The predicted molar refractivity (Wildman–Crippen MR) is 66.8 cm³/mol. The van der Waals surface area contributed by atoms with Crippen molar-refractivity contribution in [2.24, 2.45) is 0 Å². The molecule has 1 heterocycles. The van der Waals surface area contributed by atoms with E-state index in [9.17, 15) is 8.42 Å². The van der Waals surface area contributed by atoms with Gasteiger partial charge in [0.25, 0.3) is 0 Å². The fourth-order valence-corrected chi connectivity index (χ4v) is 4.21. The summed E-state index contributed by atoms with van der Waals surface area (Å²) < 4.78 is 32.7. The highest BCUT2D eigenvalue weighted by molar-refractivity contribution is 7.89. The van der Waals surface area contributed by atoms with Gasteiger partial charge in [-0.05, 0) is 33.1 Å². The number of nitrogens with zero attached hydrogens (tertiary/aromatic N) is 1. The van der Waals surface area contributed by atoms with Gasteiger partial charge in [0.05, 0.1) is 17.5 Å². The fraction of sp³-hybridized carbons (Fsp3) is 0.727. The Morgan fingerprint density at radius 2 is 2.11 bits per heavy atom. The summed E-state index contributed by atoms with van der Waals surface area (Å²) in [6.45, 7) is 3.39. The van der Waals surface area contributed by atoms with Crippen molar-refractivity contribution in [3.63, 3.8) is 0 Å². The molecule has 18 heavy (non-hydrogen) atoms. The van der Waals surface area contributed by atoms with E-state index < -0.39 is 10.0 Å². The maximum atomic E-state index is 12.3. The van der Waals surface area contributed by atoms with Crippen LogP contribution >= 0.6 is 0 Å². The summed E-state index contributed by atoms with van der Waals surface area (Å²) in [4.78, 5) is 0.254. The SMILES string of the molecule is COC1CCCC1NS(=O)(=O)c1c(C)n[nH]c1C. The molecule has 0 aromatic carbocycles. The smallest absolute Gasteiger partial charge is 0.244 e. The van der Waals surface area contributed by atoms with Gasteiger partial charge >= 0.3 is 0 Å². The molecule has 0 bridgehead atoms. The number of H-pyrrole nitrogens is 1. The molecular weight excluding hydrogens is 254 g/mol. The van der Waals surface area contributed by atoms with Crippen LogP contribution in [0.1, 0.15) is 30.7 Å². The van der Waals surface area contributed by atoms with Crippen molar-refractivity contribution in [1.82, 2.24) is 14.9 Å². The summed E-state index contributed by atoms with van der Waals surface area (Å²) in [5, 5.41) is 6.61. The van der Waals surface area contributed by atoms with Gasteiger partial charge in [-0.1, -0.05) is 0 Å². The highest BCUT2D eigenvalue weighted by atomic mass is 32.2. The van der Waals surface area contributed by atoms with Crippen LogP contribution in [0.4, 0.5) is 0 Å². The number of methoxy groups -OCH3 is 1. The summed E-state index contributed by atoms with van der Waals surface area (Å²) in [6, 6.07) is -0.145. The Labute approximate surface area is 107 Å². The molecule has 0 aliphatic heterocycles. The number of aryl methyl sites for hydroxylation is 2. The monoisotopic (exact) mass is 273 g/mol. The fourth-order valence-electron chi connectivity index (χ4n) is 2.54. The van der Waals surface area contributed by atoms with E-state index in [1.54, 1.807) is 21.0 Å². The van der Waals surface area contributed by atoms with Crippen LogP contribution in [0, 0.1) is 13.8 Å². The largest absolute Gasteiger partial charge is 0.380 e. The molecule has 7 heteroatoms. The third kappa shape index (κ3) is 2.43. The van der Waals surface area contributed by atoms with E-state index in [0.717, 1.165) is 19.3 Å². The van der Waals surface area contributed by atoms with Crippen LogP contribution in [-0.2, 0) is 14.8 Å². The second kappa shape index (κ2) is 4.99. The van der Waals surface area contributed by atoms with Gasteiger partial charge in [0.2, 0.25) is 10.0 Å². The van der Waals surface area contributed by atoms with Gasteiger partial charge in [-0.3, -0.25) is 5.10 Å². The molecule has 0 amide bonds. The predicted octanol–water partition coefficient (Wildman–Crippen LogP) is 0.872. The van der Waals surface area contributed by atoms with Crippen LogP contribution in [0.2, 0.25) is 0 Å². The molecular formula is C11H19N3O3S. The summed E-state index contributed by atoms with van der Waals surface area (Å²) in [5.74, 6) is 0. The lowest BCUT2D eigenvalue weighted by atomic mass is 10.2. The second-order valence-electron chi connectivity index (χ2n) is 4.70. The number of hydrogen-bond donors (Lipinski definition) is 2. The lowest BCUT2D eigenvalue weighted by Gasteiger charge is -2.19. The molecule has 1 saturated carbocycles. The molecule has 0 saturated heterocycles. The average molecular weight is 273 g/mol. The molecule has 2 unspecified atom stereocenters. The minimum absolute atomic E-state index is 0.0349. The molecule has 1 fully saturated rings. The first kappa shape index (κ1) is 13.5. The minimum Gasteiger partial charge on any atom is -0.380 e. The molecule has 1 aliphatic rings. The molecule has 2 rings (SSSR count). The first-order valence-corrected chi connectivity index (χ1v) is 7.50. The molecule has 102 valence electrons. The Hall–Kier alpha value is -0.920. The molecule has 6 nitrogen and oxygen atoms in total. The number of rotatable bonds is 4. The number of aromatic nitrogens is 2. The van der Waals surface area contributed by atoms with E-state index in [1.165, 1.54) is 0 Å². The van der Waals surface area contributed by atoms with Gasteiger partial charge in [0.15, 0.2) is 0 Å². The summed E-state index contributed by atoms with van der Waals surface area (Å²) in [5.41, 5.74) is 1.05. The molecule has 0 spiro atoms. The minimum atomic E-state index is -3.53. The van der Waals surface area contributed by atoms with Crippen molar-refractivity contribution in [2.45, 2.75) is 50.2 Å². The molecule has 1 aliphatic carbocycles. The van der Waals surface area contributed by atoms with Crippen LogP contribution in [0.25, 0.3) is 0 Å². The number of sulfonamides is 1. The Morgan fingerprint density at radius 1 is 1.39 bits per heavy atom. The molecule has 1 aromatic heterocycles. The highest BCUT2D eigenvalue weighted by Gasteiger charge is 2.33. The normalized spacial score (nSPS) is 24.6. The van der Waals surface area contributed by atoms with Gasteiger partial charge < -0.3 is 4.74 Å². The van der Waals surface area contributed by atoms with Gasteiger partial charge in [-0.15, -0.1) is 0 Å². The molecule has 0 radical (unpaired) electrons. The van der Waals surface area contributed by atoms with Crippen LogP contribution < -0.4 is 4.72 Å². The zero-order valence-corrected chi connectivity index (χ0v) is 11.7. The standard InChI is InChI=1S/C11H19N3O3S/c1-7-11(8(2)13-12-7)18(15,16)14-9-5-4-6-10(9)17-3/h9-10,14H,4-6H2,1-3H3,(H,12,13). The van der Waals surface area contributed by atoms with Crippen LogP contribution in [0.15, 0.2) is 4.90 Å². The summed E-state index contributed by atoms with van der Waals surface area (Å²) >= 11 is 0. The topological polar surface area (TPSA) is 84.1 Å². The molecule has 2 N–H and O–H groups in total. The van der Waals surface area contributed by atoms with Gasteiger partial charge in [0, 0.05) is 13.2 Å². The van der Waals surface area contributed by atoms with E-state index >= 15 is 0 Å². The maximum Gasteiger partial charge on any atom is 0.244 e. The van der Waals surface area contributed by atoms with Crippen molar-refractivity contribution in [3.05, 3.63) is 11.4 Å². The average Bonchev–Trinajstić information content (AvgIpc) is 2.85. The van der Waals surface area contributed by atoms with E-state index in [-0.39, 0.29) is 17.0 Å². The van der Waals surface area contributed by atoms with Crippen LogP contribution in [0.5, 0.6) is 0 Å². The summed E-state index contributed by atoms with van der Waals surface area (Å²) in [6.07, 6.45) is 2.66. The van der Waals surface area contributed by atoms with E-state index in [4.69, 9.17) is 4.74 Å². The number of aromatic amines is 1. The van der Waals surface area contributed by atoms with Gasteiger partial charge in [-0.2, -0.15) is 5.10 Å². The number of nitrogens with one attached hydrogen (secondary N) is 2. The van der Waals surface area contributed by atoms with Crippen molar-refractivity contribution < 1.29 is 13.2 Å². The van der Waals surface area contributed by atoms with Gasteiger partial charge in [-0.25, -0.2) is 13.1 Å². The van der Waals surface area contributed by atoms with Crippen molar-refractivity contribution in [2.75, 3.05) is 7.11 Å². The quantitative estimate of drug-likeness (QED) is 0.852. The van der Waals surface area contributed by atoms with Crippen LogP contribution in [0.3, 0.4) is 0 Å². The Balaban J connectivity index is 2.23. The Morgan fingerprint density at radius 3 is 2.67 bits per heavy atom. The maximum absolute atomic E-state index is 12.3. The Kier molecular flexibility index (Phi) is 3.74. The summed E-state index contributed by atoms with van der Waals surface area (Å²) in [7, 11) is -1.91. The molecule has 1 aromatic rings. The zero-order chi connectivity index (χ0) is 13.3. The first-order chi connectivity index (χ1) is 8.45. The molecule has 2 atom stereocenters. The van der Waals surface area contributed by atoms with Gasteiger partial charge in [0.1, 0.15) is 4.90 Å². The number of ether oxygens (including phenoxy) is 1. The number of hydrogen-bond acceptors (Lipinski definition) is 4. The first-order valence-electron chi connectivity index (χ1n) is 6.02. The Bertz CT molecular complexity index is 504. The van der Waals surface area contributed by atoms with Crippen molar-refractivity contribution >= 4 is 10.0 Å². The van der Waals surface area contributed by atoms with E-state index in [2.05, 4.69) is 14.9 Å². The van der Waals surface area contributed by atoms with Crippen molar-refractivity contribution in [3.8, 4) is 0 Å². The zero-order valence-electron chi connectivity index (χ0n) is 10.9.